The average molecular weight is 342 g/mol. The number of aliphatic hydroxyl groups excluding tert-OH is 1. The van der Waals surface area contributed by atoms with Gasteiger partial charge < -0.3 is 10.8 Å². The zero-order valence-corrected chi connectivity index (χ0v) is 15.0. The van der Waals surface area contributed by atoms with E-state index >= 15 is 0 Å². The smallest absolute Gasteiger partial charge is 0.392 e. The molecule has 0 spiro atoms. The molecule has 0 unspecified atom stereocenters. The second-order valence-electron chi connectivity index (χ2n) is 5.52. The van der Waals surface area contributed by atoms with Gasteiger partial charge in [-0.1, -0.05) is 64.7 Å². The van der Waals surface area contributed by atoms with Gasteiger partial charge in [-0.3, -0.25) is 4.55 Å². The highest BCUT2D eigenvalue weighted by atomic mass is 32.3. The lowest BCUT2D eigenvalue weighted by Crippen LogP contribution is -2.14. The fraction of sp³-hybridized carbons (Fsp3) is 1.00. The number of hydrogen-bond acceptors (Lipinski definition) is 5. The van der Waals surface area contributed by atoms with Crippen LogP contribution in [0, 0.1) is 0 Å². The molecule has 0 saturated carbocycles. The van der Waals surface area contributed by atoms with Gasteiger partial charge in [-0.05, 0) is 13.3 Å². The highest BCUT2D eigenvalue weighted by molar-refractivity contribution is 7.80. The predicted molar refractivity (Wildman–Crippen MR) is 90.1 cm³/mol. The summed E-state index contributed by atoms with van der Waals surface area (Å²) in [4.78, 5) is 0. The fourth-order valence-corrected chi connectivity index (χ4v) is 2.08. The van der Waals surface area contributed by atoms with Gasteiger partial charge in [-0.25, -0.2) is 4.18 Å². The van der Waals surface area contributed by atoms with Crippen molar-refractivity contribution in [1.82, 2.24) is 0 Å². The first kappa shape index (κ1) is 24.0. The normalized spacial score (nSPS) is 12.6. The monoisotopic (exact) mass is 341 g/mol. The molecule has 0 aromatic heterocycles. The molecule has 6 nitrogen and oxygen atoms in total. The SMILES string of the molecule is CCCCCCCCCCCCOS(=O)(=O)O.C[C@@H](O)CN. The number of hydrogen-bond donors (Lipinski definition) is 3. The van der Waals surface area contributed by atoms with Crippen LogP contribution in [0.2, 0.25) is 0 Å². The quantitative estimate of drug-likeness (QED) is 0.351. The zero-order chi connectivity index (χ0) is 17.3. The molecule has 0 aliphatic carbocycles. The summed E-state index contributed by atoms with van der Waals surface area (Å²) in [6.45, 7) is 4.32. The number of nitrogens with two attached hydrogens (primary N) is 1. The van der Waals surface area contributed by atoms with Gasteiger partial charge in [0.15, 0.2) is 0 Å². The minimum atomic E-state index is -4.23. The minimum Gasteiger partial charge on any atom is -0.392 e. The van der Waals surface area contributed by atoms with Crippen LogP contribution in [0.15, 0.2) is 0 Å². The van der Waals surface area contributed by atoms with Crippen LogP contribution < -0.4 is 5.73 Å². The summed E-state index contributed by atoms with van der Waals surface area (Å²) in [5.74, 6) is 0. The molecule has 22 heavy (non-hydrogen) atoms. The molecule has 4 N–H and O–H groups in total. The summed E-state index contributed by atoms with van der Waals surface area (Å²) in [7, 11) is -4.23. The molecule has 0 saturated heterocycles. The van der Waals surface area contributed by atoms with Crippen LogP contribution in [0.5, 0.6) is 0 Å². The lowest BCUT2D eigenvalue weighted by molar-refractivity contribution is 0.203. The van der Waals surface area contributed by atoms with Crippen LogP contribution in [0.1, 0.15) is 78.1 Å². The van der Waals surface area contributed by atoms with Crippen molar-refractivity contribution in [3.05, 3.63) is 0 Å². The molecule has 0 aromatic rings. The van der Waals surface area contributed by atoms with Gasteiger partial charge in [0, 0.05) is 6.54 Å². The molecule has 0 radical (unpaired) electrons. The lowest BCUT2D eigenvalue weighted by Gasteiger charge is -2.02. The van der Waals surface area contributed by atoms with Gasteiger partial charge in [0.05, 0.1) is 12.7 Å². The van der Waals surface area contributed by atoms with E-state index in [0.29, 0.717) is 13.0 Å². The maximum Gasteiger partial charge on any atom is 0.397 e. The Morgan fingerprint density at radius 3 is 1.64 bits per heavy atom. The predicted octanol–water partition coefficient (Wildman–Crippen LogP) is 3.05. The maximum absolute atomic E-state index is 10.2. The minimum absolute atomic E-state index is 0.0926. The molecule has 0 aliphatic heterocycles. The summed E-state index contributed by atoms with van der Waals surface area (Å²) in [6.07, 6.45) is 11.5. The largest absolute Gasteiger partial charge is 0.397 e. The van der Waals surface area contributed by atoms with Crippen molar-refractivity contribution in [1.29, 1.82) is 0 Å². The fourth-order valence-electron chi connectivity index (χ4n) is 1.75. The third-order valence-corrected chi connectivity index (χ3v) is 3.54. The van der Waals surface area contributed by atoms with E-state index < -0.39 is 10.4 Å². The first-order valence-electron chi connectivity index (χ1n) is 8.33. The van der Waals surface area contributed by atoms with E-state index in [-0.39, 0.29) is 12.7 Å². The van der Waals surface area contributed by atoms with Crippen molar-refractivity contribution >= 4 is 10.4 Å². The van der Waals surface area contributed by atoms with Crippen LogP contribution in [0.4, 0.5) is 0 Å². The van der Waals surface area contributed by atoms with Crippen LogP contribution in [-0.2, 0) is 14.6 Å². The van der Waals surface area contributed by atoms with E-state index in [0.717, 1.165) is 12.8 Å². The van der Waals surface area contributed by atoms with Crippen LogP contribution >= 0.6 is 0 Å². The van der Waals surface area contributed by atoms with Crippen molar-refractivity contribution < 1.29 is 22.3 Å². The van der Waals surface area contributed by atoms with Crippen molar-refractivity contribution in [2.24, 2.45) is 5.73 Å². The number of aliphatic hydroxyl groups is 1. The summed E-state index contributed by atoms with van der Waals surface area (Å²) in [5, 5.41) is 8.24. The van der Waals surface area contributed by atoms with Crippen molar-refractivity contribution in [2.45, 2.75) is 84.2 Å². The second-order valence-corrected chi connectivity index (χ2v) is 6.61. The highest BCUT2D eigenvalue weighted by Gasteiger charge is 2.02. The Hall–Kier alpha value is -0.210. The van der Waals surface area contributed by atoms with Gasteiger partial charge in [-0.15, -0.1) is 0 Å². The highest BCUT2D eigenvalue weighted by Crippen LogP contribution is 2.10. The lowest BCUT2D eigenvalue weighted by atomic mass is 10.1. The molecule has 0 fully saturated rings. The van der Waals surface area contributed by atoms with Gasteiger partial charge in [0.1, 0.15) is 0 Å². The molecule has 0 rings (SSSR count). The molecular weight excluding hydrogens is 306 g/mol. The molecule has 1 atom stereocenters. The number of rotatable bonds is 13. The Labute approximate surface area is 136 Å². The topological polar surface area (TPSA) is 110 Å². The standard InChI is InChI=1S/C12H26O4S.C3H9NO/c1-2-3-4-5-6-7-8-9-10-11-12-16-17(13,14)15;1-3(5)2-4/h2-12H2,1H3,(H,13,14,15);3,5H,2,4H2,1H3/t;3-/m.1/s1. The summed E-state index contributed by atoms with van der Waals surface area (Å²) in [5.41, 5.74) is 4.92. The zero-order valence-electron chi connectivity index (χ0n) is 14.2. The molecule has 0 amide bonds. The third-order valence-electron chi connectivity index (χ3n) is 3.07. The second kappa shape index (κ2) is 17.1. The van der Waals surface area contributed by atoms with E-state index in [1.54, 1.807) is 6.92 Å². The summed E-state index contributed by atoms with van der Waals surface area (Å²) >= 11 is 0. The maximum atomic E-state index is 10.2. The molecule has 0 aliphatic rings. The van der Waals surface area contributed by atoms with Crippen LogP contribution in [-0.4, -0.2) is 37.3 Å². The summed E-state index contributed by atoms with van der Waals surface area (Å²) < 4.78 is 33.0. The van der Waals surface area contributed by atoms with Gasteiger partial charge in [-0.2, -0.15) is 8.42 Å². The third kappa shape index (κ3) is 28.0. The van der Waals surface area contributed by atoms with Crippen LogP contribution in [0.3, 0.4) is 0 Å². The van der Waals surface area contributed by atoms with Crippen molar-refractivity contribution in [3.8, 4) is 0 Å². The molecule has 0 bridgehead atoms. The van der Waals surface area contributed by atoms with Crippen LogP contribution in [0.25, 0.3) is 0 Å². The van der Waals surface area contributed by atoms with E-state index in [1.807, 2.05) is 0 Å². The van der Waals surface area contributed by atoms with Gasteiger partial charge in [0.2, 0.25) is 0 Å². The molecule has 0 aromatic carbocycles. The first-order valence-corrected chi connectivity index (χ1v) is 9.70. The molecule has 0 heterocycles. The Balaban J connectivity index is 0. The summed E-state index contributed by atoms with van der Waals surface area (Å²) in [6, 6.07) is 0. The van der Waals surface area contributed by atoms with Crippen molar-refractivity contribution in [3.63, 3.8) is 0 Å². The molecule has 7 heteroatoms. The molecule has 136 valence electrons. The van der Waals surface area contributed by atoms with E-state index in [2.05, 4.69) is 11.1 Å². The Bertz CT molecular complexity index is 307. The average Bonchev–Trinajstić information content (AvgIpc) is 2.44. The Morgan fingerprint density at radius 1 is 0.955 bits per heavy atom. The first-order chi connectivity index (χ1) is 10.3. The Morgan fingerprint density at radius 2 is 1.32 bits per heavy atom. The van der Waals surface area contributed by atoms with E-state index in [4.69, 9.17) is 15.4 Å². The molecular formula is C15H35NO5S. The Kier molecular flexibility index (Phi) is 18.7. The number of unbranched alkanes of at least 4 members (excludes halogenated alkanes) is 9. The van der Waals surface area contributed by atoms with E-state index in [1.165, 1.54) is 44.9 Å². The van der Waals surface area contributed by atoms with E-state index in [9.17, 15) is 8.42 Å². The van der Waals surface area contributed by atoms with Gasteiger partial charge in [0.25, 0.3) is 0 Å². The van der Waals surface area contributed by atoms with Crippen molar-refractivity contribution in [2.75, 3.05) is 13.2 Å². The van der Waals surface area contributed by atoms with Gasteiger partial charge >= 0.3 is 10.4 Å².